The Morgan fingerprint density at radius 3 is 2.72 bits per heavy atom. The lowest BCUT2D eigenvalue weighted by atomic mass is 10.3. The molecule has 0 aliphatic carbocycles. The Kier molecular flexibility index (Phi) is 3.62. The molecule has 2 rings (SSSR count). The normalized spacial score (nSPS) is 9.67. The van der Waals surface area contributed by atoms with Crippen LogP contribution >= 0.6 is 11.6 Å². The van der Waals surface area contributed by atoms with Gasteiger partial charge < -0.3 is 4.74 Å². The molecule has 0 bridgehead atoms. The van der Waals surface area contributed by atoms with Crippen LogP contribution in [0.15, 0.2) is 35.6 Å². The minimum atomic E-state index is -0.818. The van der Waals surface area contributed by atoms with E-state index in [-0.39, 0.29) is 22.5 Å². The van der Waals surface area contributed by atoms with Crippen LogP contribution in [0.25, 0.3) is 0 Å². The van der Waals surface area contributed by atoms with Crippen molar-refractivity contribution in [1.82, 2.24) is 9.97 Å². The van der Waals surface area contributed by atoms with Crippen molar-refractivity contribution in [3.63, 3.8) is 0 Å². The maximum absolute atomic E-state index is 13.4. The third-order valence-electron chi connectivity index (χ3n) is 1.90. The van der Waals surface area contributed by atoms with Crippen LogP contribution in [-0.4, -0.2) is 16.0 Å². The van der Waals surface area contributed by atoms with E-state index < -0.39 is 5.82 Å². The number of hydrogen-bond donors (Lipinski definition) is 0. The summed E-state index contributed by atoms with van der Waals surface area (Å²) in [6.07, 6.45) is 4.20. The van der Waals surface area contributed by atoms with Gasteiger partial charge in [0.1, 0.15) is 11.4 Å². The van der Waals surface area contributed by atoms with Crippen LogP contribution < -0.4 is 4.74 Å². The second-order valence-corrected chi connectivity index (χ2v) is 3.48. The highest BCUT2D eigenvalue weighted by molar-refractivity contribution is 6.31. The highest BCUT2D eigenvalue weighted by Crippen LogP contribution is 2.32. The number of rotatable bonds is 3. The van der Waals surface area contributed by atoms with E-state index in [1.807, 2.05) is 0 Å². The van der Waals surface area contributed by atoms with Gasteiger partial charge in [0.05, 0.1) is 5.02 Å². The van der Waals surface area contributed by atoms with Gasteiger partial charge in [-0.3, -0.25) is 0 Å². The molecule has 1 aromatic heterocycles. The van der Waals surface area contributed by atoms with Gasteiger partial charge in [0, 0.05) is 24.5 Å². The lowest BCUT2D eigenvalue weighted by Gasteiger charge is -2.05. The molecule has 2 aromatic rings. The van der Waals surface area contributed by atoms with Gasteiger partial charge in [0.2, 0.25) is 6.08 Å². The molecule has 0 spiro atoms. The van der Waals surface area contributed by atoms with E-state index in [1.165, 1.54) is 30.6 Å². The van der Waals surface area contributed by atoms with Gasteiger partial charge in [-0.2, -0.15) is 4.99 Å². The van der Waals surface area contributed by atoms with E-state index in [4.69, 9.17) is 16.3 Å². The maximum atomic E-state index is 13.4. The number of aromatic nitrogens is 2. The number of carbonyl (C=O) groups excluding carboxylic acids is 1. The van der Waals surface area contributed by atoms with Crippen molar-refractivity contribution >= 4 is 23.4 Å². The van der Waals surface area contributed by atoms with Crippen molar-refractivity contribution in [3.8, 4) is 11.8 Å². The molecule has 90 valence electrons. The predicted molar refractivity (Wildman–Crippen MR) is 61.3 cm³/mol. The molecule has 0 aliphatic rings. The fourth-order valence-corrected chi connectivity index (χ4v) is 1.39. The molecule has 0 amide bonds. The monoisotopic (exact) mass is 265 g/mol. The van der Waals surface area contributed by atoms with E-state index in [0.717, 1.165) is 0 Å². The summed E-state index contributed by atoms with van der Waals surface area (Å²) in [7, 11) is 0. The quantitative estimate of drug-likeness (QED) is 0.632. The van der Waals surface area contributed by atoms with Crippen LogP contribution in [0.5, 0.6) is 11.8 Å². The van der Waals surface area contributed by atoms with Crippen molar-refractivity contribution in [3.05, 3.63) is 41.4 Å². The Morgan fingerprint density at radius 1 is 1.33 bits per heavy atom. The van der Waals surface area contributed by atoms with Crippen LogP contribution in [-0.2, 0) is 4.79 Å². The Hall–Kier alpha value is -2.30. The number of isocyanates is 1. The molecule has 7 heteroatoms. The molecule has 0 fully saturated rings. The third kappa shape index (κ3) is 2.68. The zero-order chi connectivity index (χ0) is 13.0. The van der Waals surface area contributed by atoms with Crippen molar-refractivity contribution < 1.29 is 13.9 Å². The van der Waals surface area contributed by atoms with Crippen LogP contribution in [0, 0.1) is 5.82 Å². The van der Waals surface area contributed by atoms with Gasteiger partial charge in [-0.05, 0) is 6.07 Å². The number of nitrogens with zero attached hydrogens (tertiary/aromatic N) is 3. The summed E-state index contributed by atoms with van der Waals surface area (Å²) in [6, 6.07) is 4.12. The molecule has 0 aliphatic heterocycles. The van der Waals surface area contributed by atoms with Gasteiger partial charge in [-0.25, -0.2) is 19.2 Å². The highest BCUT2D eigenvalue weighted by Gasteiger charge is 2.11. The lowest BCUT2D eigenvalue weighted by Crippen LogP contribution is -1.91. The first-order valence-corrected chi connectivity index (χ1v) is 5.10. The average molecular weight is 266 g/mol. The van der Waals surface area contributed by atoms with E-state index in [2.05, 4.69) is 15.0 Å². The van der Waals surface area contributed by atoms with E-state index in [1.54, 1.807) is 6.07 Å². The largest absolute Gasteiger partial charge is 0.424 e. The Labute approximate surface area is 106 Å². The fraction of sp³-hybridized carbons (Fsp3) is 0. The number of aliphatic imine (C=N–C) groups is 1. The van der Waals surface area contributed by atoms with E-state index >= 15 is 0 Å². The number of ether oxygens (including phenoxy) is 1. The van der Waals surface area contributed by atoms with Gasteiger partial charge in [0.15, 0.2) is 5.82 Å². The first-order chi connectivity index (χ1) is 8.70. The summed E-state index contributed by atoms with van der Waals surface area (Å²) < 4.78 is 18.7. The summed E-state index contributed by atoms with van der Waals surface area (Å²) in [6.45, 7) is 0. The van der Waals surface area contributed by atoms with E-state index in [9.17, 15) is 9.18 Å². The molecule has 0 atom stereocenters. The number of halogens is 2. The van der Waals surface area contributed by atoms with Crippen LogP contribution in [0.3, 0.4) is 0 Å². The predicted octanol–water partition coefficient (Wildman–Crippen LogP) is 3.03. The Bertz CT molecular complexity index is 615. The first-order valence-electron chi connectivity index (χ1n) is 4.72. The van der Waals surface area contributed by atoms with Crippen molar-refractivity contribution in [2.75, 3.05) is 0 Å². The molecule has 1 heterocycles. The Balaban J connectivity index is 2.37. The van der Waals surface area contributed by atoms with Gasteiger partial charge in [-0.1, -0.05) is 11.6 Å². The molecule has 0 saturated heterocycles. The zero-order valence-corrected chi connectivity index (χ0v) is 9.56. The van der Waals surface area contributed by atoms with Crippen LogP contribution in [0.4, 0.5) is 10.1 Å². The molecule has 1 aromatic carbocycles. The first kappa shape index (κ1) is 12.2. The van der Waals surface area contributed by atoms with E-state index in [0.29, 0.717) is 0 Å². The summed E-state index contributed by atoms with van der Waals surface area (Å²) in [5.41, 5.74) is -0.261. The van der Waals surface area contributed by atoms with Gasteiger partial charge in [-0.15, -0.1) is 0 Å². The number of benzene rings is 1. The lowest BCUT2D eigenvalue weighted by molar-refractivity contribution is 0.441. The molecule has 0 N–H and O–H groups in total. The smallest absolute Gasteiger partial charge is 0.321 e. The summed E-state index contributed by atoms with van der Waals surface area (Å²) in [5.74, 6) is -0.650. The molecule has 0 unspecified atom stereocenters. The molecule has 18 heavy (non-hydrogen) atoms. The molecule has 0 saturated carbocycles. The summed E-state index contributed by atoms with van der Waals surface area (Å²) in [5, 5.41) is -0.225. The van der Waals surface area contributed by atoms with Gasteiger partial charge >= 0.3 is 6.01 Å². The fourth-order valence-electron chi connectivity index (χ4n) is 1.18. The van der Waals surface area contributed by atoms with Crippen LogP contribution in [0.1, 0.15) is 0 Å². The number of hydrogen-bond acceptors (Lipinski definition) is 5. The third-order valence-corrected chi connectivity index (χ3v) is 2.17. The van der Waals surface area contributed by atoms with Crippen molar-refractivity contribution in [2.24, 2.45) is 4.99 Å². The van der Waals surface area contributed by atoms with Gasteiger partial charge in [0.25, 0.3) is 0 Å². The highest BCUT2D eigenvalue weighted by atomic mass is 35.5. The van der Waals surface area contributed by atoms with Crippen molar-refractivity contribution in [2.45, 2.75) is 0 Å². The SMILES string of the molecule is O=C=Nc1cc(Oc2ncccn2)cc(Cl)c1F. The minimum Gasteiger partial charge on any atom is -0.424 e. The zero-order valence-electron chi connectivity index (χ0n) is 8.80. The molecular weight excluding hydrogens is 261 g/mol. The molecule has 5 nitrogen and oxygen atoms in total. The van der Waals surface area contributed by atoms with Crippen LogP contribution in [0.2, 0.25) is 5.02 Å². The minimum absolute atomic E-state index is 0.0706. The maximum Gasteiger partial charge on any atom is 0.321 e. The second-order valence-electron chi connectivity index (χ2n) is 3.07. The standard InChI is InChI=1S/C11H5ClFN3O2/c12-8-4-7(5-9(10(8)13)16-6-17)18-11-14-2-1-3-15-11/h1-5H. The Morgan fingerprint density at radius 2 is 2.06 bits per heavy atom. The second kappa shape index (κ2) is 5.35. The van der Waals surface area contributed by atoms with Crippen molar-refractivity contribution in [1.29, 1.82) is 0 Å². The summed E-state index contributed by atoms with van der Waals surface area (Å²) in [4.78, 5) is 21.0. The molecular formula is C11H5ClFN3O2. The summed E-state index contributed by atoms with van der Waals surface area (Å²) >= 11 is 5.64. The average Bonchev–Trinajstić information content (AvgIpc) is 2.37. The topological polar surface area (TPSA) is 64.4 Å². The molecule has 0 radical (unpaired) electrons.